The van der Waals surface area contributed by atoms with Gasteiger partial charge in [0.1, 0.15) is 0 Å². The van der Waals surface area contributed by atoms with Crippen LogP contribution in [0.4, 0.5) is 13.2 Å². The van der Waals surface area contributed by atoms with Crippen LogP contribution in [0.1, 0.15) is 5.56 Å². The van der Waals surface area contributed by atoms with Crippen molar-refractivity contribution in [3.05, 3.63) is 93.7 Å². The Balaban J connectivity index is 2.02. The second-order valence-electron chi connectivity index (χ2n) is 6.17. The lowest BCUT2D eigenvalue weighted by atomic mass is 10.0. The third-order valence-electron chi connectivity index (χ3n) is 4.34. The van der Waals surface area contributed by atoms with E-state index in [0.717, 1.165) is 12.1 Å². The molecule has 4 aromatic rings. The van der Waals surface area contributed by atoms with Crippen LogP contribution in [-0.2, 0) is 6.18 Å². The van der Waals surface area contributed by atoms with E-state index >= 15 is 0 Å². The van der Waals surface area contributed by atoms with Crippen molar-refractivity contribution in [3.8, 4) is 16.9 Å². The summed E-state index contributed by atoms with van der Waals surface area (Å²) in [6.45, 7) is 0. The molecule has 0 saturated heterocycles. The monoisotopic (exact) mass is 400 g/mol. The number of fused-ring (bicyclic) bond motifs is 1. The van der Waals surface area contributed by atoms with Crippen LogP contribution < -0.4 is 5.56 Å². The summed E-state index contributed by atoms with van der Waals surface area (Å²) in [5, 5.41) is 5.73. The normalized spacial score (nSPS) is 11.7. The summed E-state index contributed by atoms with van der Waals surface area (Å²) in [5.41, 5.74) is -0.118. The van der Waals surface area contributed by atoms with Gasteiger partial charge in [-0.05, 0) is 42.5 Å². The zero-order valence-electron chi connectivity index (χ0n) is 14.2. The average Bonchev–Trinajstić information content (AvgIpc) is 2.69. The second-order valence-corrected chi connectivity index (χ2v) is 6.60. The molecule has 0 fully saturated rings. The number of hydrogen-bond donors (Lipinski definition) is 0. The third-order valence-corrected chi connectivity index (χ3v) is 4.59. The first-order valence-corrected chi connectivity index (χ1v) is 8.68. The van der Waals surface area contributed by atoms with Gasteiger partial charge < -0.3 is 0 Å². The molecule has 3 nitrogen and oxygen atoms in total. The summed E-state index contributed by atoms with van der Waals surface area (Å²) in [6.07, 6.45) is -4.48. The topological polar surface area (TPSA) is 34.9 Å². The van der Waals surface area contributed by atoms with E-state index in [0.29, 0.717) is 21.5 Å². The van der Waals surface area contributed by atoms with Crippen LogP contribution in [0.15, 0.2) is 77.6 Å². The maximum Gasteiger partial charge on any atom is 0.416 e. The van der Waals surface area contributed by atoms with Gasteiger partial charge in [-0.25, -0.2) is 0 Å². The Kier molecular flexibility index (Phi) is 4.43. The molecule has 28 heavy (non-hydrogen) atoms. The molecule has 1 aromatic heterocycles. The molecule has 0 bridgehead atoms. The van der Waals surface area contributed by atoms with E-state index < -0.39 is 11.7 Å². The van der Waals surface area contributed by atoms with Gasteiger partial charge in [0.05, 0.1) is 22.3 Å². The smallest absolute Gasteiger partial charge is 0.267 e. The first-order chi connectivity index (χ1) is 13.3. The van der Waals surface area contributed by atoms with Gasteiger partial charge in [-0.3, -0.25) is 4.79 Å². The van der Waals surface area contributed by atoms with Crippen molar-refractivity contribution in [1.29, 1.82) is 0 Å². The minimum atomic E-state index is -4.48. The maximum absolute atomic E-state index is 13.2. The first kappa shape index (κ1) is 18.3. The van der Waals surface area contributed by atoms with Gasteiger partial charge in [0.25, 0.3) is 5.56 Å². The molecule has 4 rings (SSSR count). The van der Waals surface area contributed by atoms with Crippen molar-refractivity contribution >= 4 is 22.4 Å². The van der Waals surface area contributed by atoms with Gasteiger partial charge in [0.15, 0.2) is 0 Å². The summed E-state index contributed by atoms with van der Waals surface area (Å²) in [6, 6.07) is 18.1. The second kappa shape index (κ2) is 6.80. The van der Waals surface area contributed by atoms with E-state index in [2.05, 4.69) is 5.10 Å². The molecule has 0 spiro atoms. The SMILES string of the molecule is O=c1c2ccccc2c(-c2cccc(C(F)(F)F)c2)nn1-c1ccc(Cl)cc1. The third kappa shape index (κ3) is 3.27. The van der Waals surface area contributed by atoms with Crippen molar-refractivity contribution in [2.75, 3.05) is 0 Å². The van der Waals surface area contributed by atoms with E-state index in [1.165, 1.54) is 10.7 Å². The van der Waals surface area contributed by atoms with Crippen molar-refractivity contribution in [2.45, 2.75) is 6.18 Å². The van der Waals surface area contributed by atoms with Crippen LogP contribution in [0.2, 0.25) is 5.02 Å². The highest BCUT2D eigenvalue weighted by molar-refractivity contribution is 6.30. The Morgan fingerprint density at radius 2 is 1.54 bits per heavy atom. The molecule has 0 aliphatic carbocycles. The molecule has 0 amide bonds. The van der Waals surface area contributed by atoms with Crippen LogP contribution in [0.25, 0.3) is 27.7 Å². The summed E-state index contributed by atoms with van der Waals surface area (Å²) in [4.78, 5) is 12.9. The summed E-state index contributed by atoms with van der Waals surface area (Å²) < 4.78 is 40.6. The molecule has 140 valence electrons. The van der Waals surface area contributed by atoms with E-state index in [4.69, 9.17) is 11.6 Å². The summed E-state index contributed by atoms with van der Waals surface area (Å²) >= 11 is 5.91. The predicted octanol–water partition coefficient (Wildman–Crippen LogP) is 5.72. The molecule has 0 unspecified atom stereocenters. The maximum atomic E-state index is 13.2. The van der Waals surface area contributed by atoms with Crippen LogP contribution in [-0.4, -0.2) is 9.78 Å². The molecular weight excluding hydrogens is 389 g/mol. The Morgan fingerprint density at radius 3 is 2.21 bits per heavy atom. The fraction of sp³-hybridized carbons (Fsp3) is 0.0476. The van der Waals surface area contributed by atoms with Crippen LogP contribution in [0.3, 0.4) is 0 Å². The first-order valence-electron chi connectivity index (χ1n) is 8.30. The number of hydrogen-bond acceptors (Lipinski definition) is 2. The average molecular weight is 401 g/mol. The molecule has 0 N–H and O–H groups in total. The quantitative estimate of drug-likeness (QED) is 0.431. The number of alkyl halides is 3. The standard InChI is InChI=1S/C21H12ClF3N2O/c22-15-8-10-16(11-9-15)27-20(28)18-7-2-1-6-17(18)19(26-27)13-4-3-5-14(12-13)21(23,24)25/h1-12H. The highest BCUT2D eigenvalue weighted by atomic mass is 35.5. The van der Waals surface area contributed by atoms with Gasteiger partial charge in [-0.2, -0.15) is 23.0 Å². The minimum absolute atomic E-state index is 0.272. The molecule has 0 atom stereocenters. The van der Waals surface area contributed by atoms with Gasteiger partial charge in [-0.15, -0.1) is 0 Å². The van der Waals surface area contributed by atoms with E-state index in [9.17, 15) is 18.0 Å². The lowest BCUT2D eigenvalue weighted by Gasteiger charge is -2.13. The number of aromatic nitrogens is 2. The zero-order chi connectivity index (χ0) is 19.9. The van der Waals surface area contributed by atoms with E-state index in [1.54, 1.807) is 54.6 Å². The van der Waals surface area contributed by atoms with Gasteiger partial charge >= 0.3 is 6.18 Å². The Morgan fingerprint density at radius 1 is 0.857 bits per heavy atom. The molecule has 7 heteroatoms. The molecular formula is C21H12ClF3N2O. The molecule has 0 radical (unpaired) electrons. The Hall–Kier alpha value is -3.12. The minimum Gasteiger partial charge on any atom is -0.267 e. The number of rotatable bonds is 2. The van der Waals surface area contributed by atoms with Crippen LogP contribution in [0.5, 0.6) is 0 Å². The number of nitrogens with zero attached hydrogens (tertiary/aromatic N) is 2. The summed E-state index contributed by atoms with van der Waals surface area (Å²) in [7, 11) is 0. The van der Waals surface area contributed by atoms with Crippen molar-refractivity contribution in [1.82, 2.24) is 9.78 Å². The van der Waals surface area contributed by atoms with Crippen LogP contribution >= 0.6 is 11.6 Å². The molecule has 0 saturated carbocycles. The fourth-order valence-electron chi connectivity index (χ4n) is 3.00. The van der Waals surface area contributed by atoms with E-state index in [1.807, 2.05) is 0 Å². The summed E-state index contributed by atoms with van der Waals surface area (Å²) in [5.74, 6) is 0. The zero-order valence-corrected chi connectivity index (χ0v) is 15.0. The van der Waals surface area contributed by atoms with Crippen molar-refractivity contribution in [3.63, 3.8) is 0 Å². The lowest BCUT2D eigenvalue weighted by molar-refractivity contribution is -0.137. The van der Waals surface area contributed by atoms with E-state index in [-0.39, 0.29) is 16.8 Å². The van der Waals surface area contributed by atoms with Gasteiger partial charge in [-0.1, -0.05) is 41.9 Å². The van der Waals surface area contributed by atoms with Gasteiger partial charge in [0.2, 0.25) is 0 Å². The lowest BCUT2D eigenvalue weighted by Crippen LogP contribution is -2.22. The molecule has 0 aliphatic rings. The number of halogens is 4. The fourth-order valence-corrected chi connectivity index (χ4v) is 3.13. The molecule has 3 aromatic carbocycles. The van der Waals surface area contributed by atoms with Crippen molar-refractivity contribution < 1.29 is 13.2 Å². The molecule has 0 aliphatic heterocycles. The van der Waals surface area contributed by atoms with Crippen LogP contribution in [0, 0.1) is 0 Å². The predicted molar refractivity (Wildman–Crippen MR) is 103 cm³/mol. The molecule has 1 heterocycles. The number of benzene rings is 3. The Labute approximate surface area is 162 Å². The highest BCUT2D eigenvalue weighted by Gasteiger charge is 2.30. The van der Waals surface area contributed by atoms with Gasteiger partial charge in [0, 0.05) is 16.0 Å². The van der Waals surface area contributed by atoms with Crippen molar-refractivity contribution in [2.24, 2.45) is 0 Å². The highest BCUT2D eigenvalue weighted by Crippen LogP contribution is 2.33. The largest absolute Gasteiger partial charge is 0.416 e. The Bertz CT molecular complexity index is 1230.